The molecule has 0 aliphatic rings. The molecule has 0 aliphatic heterocycles. The number of aliphatic hydroxyl groups is 1. The standard InChI is InChI=1S/C10H13BrFNO.ClH/c1-2-9(14)10(13)6-3-7(11)5-8(12)4-6;/h3-5,9-10,14H,2,13H2,1H3;1H/t9-,10+;/m0./s1. The number of halogens is 3. The third kappa shape index (κ3) is 4.07. The van der Waals surface area contributed by atoms with Gasteiger partial charge in [0.1, 0.15) is 5.82 Å². The Labute approximate surface area is 103 Å². The first-order chi connectivity index (χ1) is 6.54. The van der Waals surface area contributed by atoms with Gasteiger partial charge in [0.15, 0.2) is 0 Å². The maximum Gasteiger partial charge on any atom is 0.124 e. The van der Waals surface area contributed by atoms with Crippen LogP contribution in [0.4, 0.5) is 4.39 Å². The second kappa shape index (κ2) is 6.43. The number of nitrogens with two attached hydrogens (primary N) is 1. The molecule has 0 fully saturated rings. The van der Waals surface area contributed by atoms with Gasteiger partial charge in [-0.15, -0.1) is 12.4 Å². The van der Waals surface area contributed by atoms with E-state index < -0.39 is 12.1 Å². The van der Waals surface area contributed by atoms with Crippen LogP contribution in [0.5, 0.6) is 0 Å². The van der Waals surface area contributed by atoms with E-state index >= 15 is 0 Å². The summed E-state index contributed by atoms with van der Waals surface area (Å²) in [6, 6.07) is 3.88. The Morgan fingerprint density at radius 1 is 1.47 bits per heavy atom. The molecule has 0 saturated carbocycles. The van der Waals surface area contributed by atoms with E-state index in [1.54, 1.807) is 6.07 Å². The molecular weight excluding hydrogens is 284 g/mol. The van der Waals surface area contributed by atoms with Crippen LogP contribution in [-0.4, -0.2) is 11.2 Å². The third-order valence-electron chi connectivity index (χ3n) is 2.10. The van der Waals surface area contributed by atoms with Crippen molar-refractivity contribution >= 4 is 28.3 Å². The van der Waals surface area contributed by atoms with Gasteiger partial charge in [-0.3, -0.25) is 0 Å². The van der Waals surface area contributed by atoms with E-state index in [1.165, 1.54) is 12.1 Å². The Balaban J connectivity index is 0.00000196. The molecule has 0 aliphatic carbocycles. The molecule has 0 heterocycles. The fourth-order valence-electron chi connectivity index (χ4n) is 1.24. The summed E-state index contributed by atoms with van der Waals surface area (Å²) in [5.74, 6) is -0.354. The normalized spacial score (nSPS) is 14.2. The number of hydrogen-bond donors (Lipinski definition) is 2. The van der Waals surface area contributed by atoms with Crippen LogP contribution in [0.2, 0.25) is 0 Å². The summed E-state index contributed by atoms with van der Waals surface area (Å²) < 4.78 is 13.6. The monoisotopic (exact) mass is 297 g/mol. The lowest BCUT2D eigenvalue weighted by atomic mass is 10.0. The van der Waals surface area contributed by atoms with Gasteiger partial charge in [0, 0.05) is 4.47 Å². The summed E-state index contributed by atoms with van der Waals surface area (Å²) >= 11 is 3.18. The van der Waals surface area contributed by atoms with Gasteiger partial charge in [0.2, 0.25) is 0 Å². The maximum atomic E-state index is 13.0. The Kier molecular flexibility index (Phi) is 6.36. The Morgan fingerprint density at radius 3 is 2.53 bits per heavy atom. The predicted molar refractivity (Wildman–Crippen MR) is 64.6 cm³/mol. The SMILES string of the molecule is CC[C@H](O)[C@H](N)c1cc(F)cc(Br)c1.Cl. The zero-order valence-corrected chi connectivity index (χ0v) is 10.7. The maximum absolute atomic E-state index is 13.0. The summed E-state index contributed by atoms with van der Waals surface area (Å²) in [4.78, 5) is 0. The second-order valence-electron chi connectivity index (χ2n) is 3.20. The first-order valence-corrected chi connectivity index (χ1v) is 5.23. The number of rotatable bonds is 3. The lowest BCUT2D eigenvalue weighted by Gasteiger charge is -2.17. The molecule has 1 aromatic rings. The fourth-order valence-corrected chi connectivity index (χ4v) is 1.73. The van der Waals surface area contributed by atoms with Gasteiger partial charge in [0.25, 0.3) is 0 Å². The first kappa shape index (κ1) is 14.8. The second-order valence-corrected chi connectivity index (χ2v) is 4.12. The average Bonchev–Trinajstić information content (AvgIpc) is 2.14. The van der Waals surface area contributed by atoms with Crippen molar-refractivity contribution in [2.45, 2.75) is 25.5 Å². The van der Waals surface area contributed by atoms with Gasteiger partial charge in [-0.2, -0.15) is 0 Å². The summed E-state index contributed by atoms with van der Waals surface area (Å²) in [5.41, 5.74) is 6.35. The number of hydrogen-bond acceptors (Lipinski definition) is 2. The highest BCUT2D eigenvalue weighted by Crippen LogP contribution is 2.22. The van der Waals surface area contributed by atoms with Crippen molar-refractivity contribution in [1.29, 1.82) is 0 Å². The van der Waals surface area contributed by atoms with Crippen LogP contribution < -0.4 is 5.73 Å². The van der Waals surface area contributed by atoms with E-state index in [-0.39, 0.29) is 18.2 Å². The smallest absolute Gasteiger partial charge is 0.124 e. The molecule has 0 saturated heterocycles. The highest BCUT2D eigenvalue weighted by atomic mass is 79.9. The minimum Gasteiger partial charge on any atom is -0.391 e. The largest absolute Gasteiger partial charge is 0.391 e. The zero-order chi connectivity index (χ0) is 10.7. The van der Waals surface area contributed by atoms with Gasteiger partial charge >= 0.3 is 0 Å². The third-order valence-corrected chi connectivity index (χ3v) is 2.56. The van der Waals surface area contributed by atoms with Gasteiger partial charge in [-0.1, -0.05) is 22.9 Å². The zero-order valence-electron chi connectivity index (χ0n) is 8.28. The molecule has 0 spiro atoms. The minimum absolute atomic E-state index is 0. The lowest BCUT2D eigenvalue weighted by molar-refractivity contribution is 0.140. The molecule has 86 valence electrons. The first-order valence-electron chi connectivity index (χ1n) is 4.44. The van der Waals surface area contributed by atoms with E-state index in [1.807, 2.05) is 6.92 Å². The van der Waals surface area contributed by atoms with Crippen LogP contribution >= 0.6 is 28.3 Å². The van der Waals surface area contributed by atoms with E-state index in [0.29, 0.717) is 16.5 Å². The van der Waals surface area contributed by atoms with E-state index in [4.69, 9.17) is 5.73 Å². The van der Waals surface area contributed by atoms with Gasteiger partial charge < -0.3 is 10.8 Å². The Bertz CT molecular complexity index is 304. The number of benzene rings is 1. The van der Waals surface area contributed by atoms with Crippen molar-refractivity contribution < 1.29 is 9.50 Å². The van der Waals surface area contributed by atoms with E-state index in [9.17, 15) is 9.50 Å². The lowest BCUT2D eigenvalue weighted by Crippen LogP contribution is -2.25. The van der Waals surface area contributed by atoms with Crippen LogP contribution in [0, 0.1) is 5.82 Å². The van der Waals surface area contributed by atoms with Crippen molar-refractivity contribution in [3.8, 4) is 0 Å². The highest BCUT2D eigenvalue weighted by molar-refractivity contribution is 9.10. The van der Waals surface area contributed by atoms with Crippen LogP contribution in [0.1, 0.15) is 24.9 Å². The molecule has 3 N–H and O–H groups in total. The molecule has 15 heavy (non-hydrogen) atoms. The topological polar surface area (TPSA) is 46.2 Å². The van der Waals surface area contributed by atoms with Crippen LogP contribution in [0.25, 0.3) is 0 Å². The Morgan fingerprint density at radius 2 is 2.07 bits per heavy atom. The fraction of sp³-hybridized carbons (Fsp3) is 0.400. The molecule has 0 amide bonds. The highest BCUT2D eigenvalue weighted by Gasteiger charge is 2.15. The summed E-state index contributed by atoms with van der Waals surface area (Å²) in [6.45, 7) is 1.83. The molecule has 1 aromatic carbocycles. The van der Waals surface area contributed by atoms with E-state index in [0.717, 1.165) is 0 Å². The summed E-state index contributed by atoms with van der Waals surface area (Å²) in [5, 5.41) is 9.50. The molecule has 0 bridgehead atoms. The van der Waals surface area contributed by atoms with Crippen molar-refractivity contribution in [2.24, 2.45) is 5.73 Å². The van der Waals surface area contributed by atoms with Crippen LogP contribution in [0.3, 0.4) is 0 Å². The minimum atomic E-state index is -0.635. The molecule has 5 heteroatoms. The molecule has 2 nitrogen and oxygen atoms in total. The van der Waals surface area contributed by atoms with Crippen molar-refractivity contribution in [3.63, 3.8) is 0 Å². The van der Waals surface area contributed by atoms with Gasteiger partial charge in [-0.25, -0.2) is 4.39 Å². The average molecular weight is 299 g/mol. The van der Waals surface area contributed by atoms with Crippen molar-refractivity contribution in [3.05, 3.63) is 34.1 Å². The van der Waals surface area contributed by atoms with Crippen molar-refractivity contribution in [1.82, 2.24) is 0 Å². The molecule has 1 rings (SSSR count). The summed E-state index contributed by atoms with van der Waals surface area (Å²) in [7, 11) is 0. The Hall–Kier alpha value is -0.160. The molecule has 0 aromatic heterocycles. The number of aliphatic hydroxyl groups excluding tert-OH is 1. The van der Waals surface area contributed by atoms with Gasteiger partial charge in [-0.05, 0) is 30.2 Å². The van der Waals surface area contributed by atoms with Crippen LogP contribution in [-0.2, 0) is 0 Å². The van der Waals surface area contributed by atoms with E-state index in [2.05, 4.69) is 15.9 Å². The van der Waals surface area contributed by atoms with Gasteiger partial charge in [0.05, 0.1) is 12.1 Å². The quantitative estimate of drug-likeness (QED) is 0.901. The molecule has 0 unspecified atom stereocenters. The molecular formula is C10H14BrClFNO. The summed E-state index contributed by atoms with van der Waals surface area (Å²) in [6.07, 6.45) is -0.0846. The molecule has 0 radical (unpaired) electrons. The van der Waals surface area contributed by atoms with Crippen molar-refractivity contribution in [2.75, 3.05) is 0 Å². The van der Waals surface area contributed by atoms with Crippen LogP contribution in [0.15, 0.2) is 22.7 Å². The molecule has 2 atom stereocenters. The predicted octanol–water partition coefficient (Wildman–Crippen LogP) is 2.78.